The van der Waals surface area contributed by atoms with E-state index in [1.807, 2.05) is 0 Å². The van der Waals surface area contributed by atoms with Gasteiger partial charge in [-0.3, -0.25) is 0 Å². The summed E-state index contributed by atoms with van der Waals surface area (Å²) in [6.45, 7) is 5.12. The predicted octanol–water partition coefficient (Wildman–Crippen LogP) is 7.23. The first kappa shape index (κ1) is 18.8. The van der Waals surface area contributed by atoms with Crippen molar-refractivity contribution in [1.29, 1.82) is 0 Å². The monoisotopic (exact) mass is 438 g/mol. The highest BCUT2D eigenvalue weighted by Crippen LogP contribution is 2.44. The van der Waals surface area contributed by atoms with E-state index in [2.05, 4.69) is 56.0 Å². The molecule has 0 spiro atoms. The summed E-state index contributed by atoms with van der Waals surface area (Å²) in [5.41, 5.74) is 4.15. The molecule has 3 nitrogen and oxygen atoms in total. The number of benzene rings is 1. The average Bonchev–Trinajstić information content (AvgIpc) is 3.29. The third-order valence-electron chi connectivity index (χ3n) is 4.36. The van der Waals surface area contributed by atoms with Gasteiger partial charge in [-0.15, -0.1) is 11.3 Å². The van der Waals surface area contributed by atoms with E-state index >= 15 is 0 Å². The molecule has 2 heterocycles. The Bertz CT molecular complexity index is 815. The van der Waals surface area contributed by atoms with Crippen LogP contribution < -0.4 is 4.74 Å². The summed E-state index contributed by atoms with van der Waals surface area (Å²) in [6.07, 6.45) is 7.58. The van der Waals surface area contributed by atoms with Gasteiger partial charge in [0.25, 0.3) is 0 Å². The van der Waals surface area contributed by atoms with E-state index in [1.54, 1.807) is 11.3 Å². The maximum absolute atomic E-state index is 6.18. The number of thiophene rings is 1. The van der Waals surface area contributed by atoms with Gasteiger partial charge in [0, 0.05) is 16.0 Å². The minimum atomic E-state index is 0.749. The van der Waals surface area contributed by atoms with Crippen LogP contribution in [0.5, 0.6) is 5.75 Å². The first-order valence-electron chi connectivity index (χ1n) is 8.85. The minimum absolute atomic E-state index is 0.749. The highest BCUT2D eigenvalue weighted by atomic mass is 79.9. The number of unbranched alkanes of at least 4 members (excludes halogenated alkanes) is 5. The summed E-state index contributed by atoms with van der Waals surface area (Å²) in [4.78, 5) is 1.21. The van der Waals surface area contributed by atoms with Crippen molar-refractivity contribution >= 4 is 50.0 Å². The number of aromatic nitrogens is 2. The Morgan fingerprint density at radius 2 is 1.84 bits per heavy atom. The Balaban J connectivity index is 1.79. The second kappa shape index (κ2) is 9.10. The van der Waals surface area contributed by atoms with Crippen molar-refractivity contribution in [3.63, 3.8) is 0 Å². The molecule has 0 amide bonds. The molecule has 0 fully saturated rings. The zero-order chi connectivity index (χ0) is 17.6. The fourth-order valence-corrected chi connectivity index (χ4v) is 5.20. The lowest BCUT2D eigenvalue weighted by Gasteiger charge is -2.15. The van der Waals surface area contributed by atoms with Crippen LogP contribution in [-0.4, -0.2) is 15.4 Å². The van der Waals surface area contributed by atoms with E-state index in [0.717, 1.165) is 45.4 Å². The molecule has 0 aliphatic rings. The summed E-state index contributed by atoms with van der Waals surface area (Å²) in [7, 11) is 0. The smallest absolute Gasteiger partial charge is 0.139 e. The van der Waals surface area contributed by atoms with E-state index in [0.29, 0.717) is 0 Å². The molecule has 25 heavy (non-hydrogen) atoms. The quantitative estimate of drug-likeness (QED) is 0.330. The lowest BCUT2D eigenvalue weighted by atomic mass is 10.0. The molecule has 3 rings (SSSR count). The molecular formula is C19H23BrN2OS2. The standard InChI is InChI=1S/C19H23BrN2OS2/c1-3-4-5-6-7-8-11-23-19-13(2)15(14-10-9-12-24-14)17-18(16(19)20)22-25-21-17/h9-10,12H,3-8,11H2,1-2H3. The van der Waals surface area contributed by atoms with E-state index < -0.39 is 0 Å². The molecule has 3 aromatic rings. The molecule has 2 aromatic heterocycles. The Morgan fingerprint density at radius 1 is 1.08 bits per heavy atom. The van der Waals surface area contributed by atoms with Crippen molar-refractivity contribution in [1.82, 2.24) is 8.75 Å². The molecule has 0 aliphatic heterocycles. The lowest BCUT2D eigenvalue weighted by Crippen LogP contribution is -2.01. The molecule has 0 saturated heterocycles. The topological polar surface area (TPSA) is 35.0 Å². The number of fused-ring (bicyclic) bond motifs is 1. The third-order valence-corrected chi connectivity index (χ3v) is 6.51. The molecule has 0 N–H and O–H groups in total. The fourth-order valence-electron chi connectivity index (χ4n) is 3.01. The van der Waals surface area contributed by atoms with Crippen molar-refractivity contribution < 1.29 is 4.74 Å². The van der Waals surface area contributed by atoms with E-state index in [-0.39, 0.29) is 0 Å². The number of nitrogens with zero attached hydrogens (tertiary/aromatic N) is 2. The van der Waals surface area contributed by atoms with Crippen LogP contribution in [0.15, 0.2) is 22.0 Å². The van der Waals surface area contributed by atoms with Crippen molar-refractivity contribution in [2.24, 2.45) is 0 Å². The second-order valence-corrected chi connectivity index (χ2v) is 8.47. The average molecular weight is 439 g/mol. The Kier molecular flexibility index (Phi) is 6.84. The largest absolute Gasteiger partial charge is 0.492 e. The minimum Gasteiger partial charge on any atom is -0.492 e. The number of halogens is 1. The molecular weight excluding hydrogens is 416 g/mol. The van der Waals surface area contributed by atoms with E-state index in [4.69, 9.17) is 4.74 Å². The third kappa shape index (κ3) is 4.23. The summed E-state index contributed by atoms with van der Waals surface area (Å²) < 4.78 is 16.1. The Morgan fingerprint density at radius 3 is 2.60 bits per heavy atom. The summed E-state index contributed by atoms with van der Waals surface area (Å²) in [5.74, 6) is 0.914. The zero-order valence-electron chi connectivity index (χ0n) is 14.7. The van der Waals surface area contributed by atoms with Crippen LogP contribution in [0.3, 0.4) is 0 Å². The molecule has 0 aliphatic carbocycles. The first-order valence-corrected chi connectivity index (χ1v) is 11.2. The molecule has 6 heteroatoms. The van der Waals surface area contributed by atoms with Gasteiger partial charge in [0.1, 0.15) is 16.8 Å². The number of hydrogen-bond acceptors (Lipinski definition) is 5. The van der Waals surface area contributed by atoms with Crippen LogP contribution in [-0.2, 0) is 0 Å². The molecule has 1 aromatic carbocycles. The molecule has 0 atom stereocenters. The van der Waals surface area contributed by atoms with Gasteiger partial charge in [-0.05, 0) is 40.7 Å². The summed E-state index contributed by atoms with van der Waals surface area (Å²) in [5, 5.41) is 2.10. The number of rotatable bonds is 9. The summed E-state index contributed by atoms with van der Waals surface area (Å²) >= 11 is 6.68. The van der Waals surface area contributed by atoms with Gasteiger partial charge in [0.2, 0.25) is 0 Å². The molecule has 134 valence electrons. The highest BCUT2D eigenvalue weighted by Gasteiger charge is 2.21. The van der Waals surface area contributed by atoms with Gasteiger partial charge in [0.05, 0.1) is 22.8 Å². The van der Waals surface area contributed by atoms with Crippen LogP contribution in [0.25, 0.3) is 21.5 Å². The van der Waals surface area contributed by atoms with Crippen LogP contribution in [0.2, 0.25) is 0 Å². The Hall–Kier alpha value is -0.980. The van der Waals surface area contributed by atoms with Gasteiger partial charge < -0.3 is 4.74 Å². The van der Waals surface area contributed by atoms with Gasteiger partial charge in [-0.25, -0.2) is 0 Å². The summed E-state index contributed by atoms with van der Waals surface area (Å²) in [6, 6.07) is 4.21. The molecule has 0 radical (unpaired) electrons. The van der Waals surface area contributed by atoms with E-state index in [1.165, 1.54) is 48.7 Å². The van der Waals surface area contributed by atoms with Crippen molar-refractivity contribution in [3.8, 4) is 16.2 Å². The second-order valence-electron chi connectivity index (χ2n) is 6.20. The Labute approximate surface area is 165 Å². The van der Waals surface area contributed by atoms with Gasteiger partial charge in [-0.2, -0.15) is 8.75 Å². The maximum Gasteiger partial charge on any atom is 0.139 e. The first-order chi connectivity index (χ1) is 12.2. The zero-order valence-corrected chi connectivity index (χ0v) is 17.9. The van der Waals surface area contributed by atoms with Gasteiger partial charge >= 0.3 is 0 Å². The van der Waals surface area contributed by atoms with E-state index in [9.17, 15) is 0 Å². The molecule has 0 bridgehead atoms. The van der Waals surface area contributed by atoms with Gasteiger partial charge in [0.15, 0.2) is 0 Å². The highest BCUT2D eigenvalue weighted by molar-refractivity contribution is 9.10. The van der Waals surface area contributed by atoms with Crippen molar-refractivity contribution in [3.05, 3.63) is 27.5 Å². The fraction of sp³-hybridized carbons (Fsp3) is 0.474. The lowest BCUT2D eigenvalue weighted by molar-refractivity contribution is 0.301. The van der Waals surface area contributed by atoms with Gasteiger partial charge in [-0.1, -0.05) is 45.1 Å². The maximum atomic E-state index is 6.18. The normalized spacial score (nSPS) is 11.3. The van der Waals surface area contributed by atoms with Crippen molar-refractivity contribution in [2.45, 2.75) is 52.4 Å². The molecule has 0 saturated carbocycles. The number of ether oxygens (including phenoxy) is 1. The molecule has 0 unspecified atom stereocenters. The van der Waals surface area contributed by atoms with Crippen LogP contribution in [0, 0.1) is 6.92 Å². The predicted molar refractivity (Wildman–Crippen MR) is 112 cm³/mol. The van der Waals surface area contributed by atoms with Crippen LogP contribution in [0.4, 0.5) is 0 Å². The van der Waals surface area contributed by atoms with Crippen LogP contribution in [0.1, 0.15) is 51.0 Å². The number of hydrogen-bond donors (Lipinski definition) is 0. The SMILES string of the molecule is CCCCCCCCOc1c(C)c(-c2cccs2)c2nsnc2c1Br. The van der Waals surface area contributed by atoms with Crippen molar-refractivity contribution in [2.75, 3.05) is 6.61 Å². The van der Waals surface area contributed by atoms with Crippen LogP contribution >= 0.6 is 39.0 Å².